The SMILES string of the molecule is CCCNCC(CCCS(C)(=O)=O)c1cccc(F)c1. The summed E-state index contributed by atoms with van der Waals surface area (Å²) in [6.07, 6.45) is 3.64. The molecule has 1 unspecified atom stereocenters. The Balaban J connectivity index is 2.64. The molecule has 0 aliphatic rings. The molecule has 0 aromatic heterocycles. The molecule has 3 nitrogen and oxygen atoms in total. The Bertz CT molecular complexity index is 502. The highest BCUT2D eigenvalue weighted by Crippen LogP contribution is 2.21. The highest BCUT2D eigenvalue weighted by atomic mass is 32.2. The predicted molar refractivity (Wildman–Crippen MR) is 81.2 cm³/mol. The largest absolute Gasteiger partial charge is 0.316 e. The van der Waals surface area contributed by atoms with Crippen molar-refractivity contribution in [3.63, 3.8) is 0 Å². The summed E-state index contributed by atoms with van der Waals surface area (Å²) in [6.45, 7) is 3.76. The number of hydrogen-bond acceptors (Lipinski definition) is 3. The van der Waals surface area contributed by atoms with Gasteiger partial charge in [0.25, 0.3) is 0 Å². The van der Waals surface area contributed by atoms with Crippen LogP contribution in [0.1, 0.15) is 37.7 Å². The third-order valence-electron chi connectivity index (χ3n) is 3.21. The van der Waals surface area contributed by atoms with Gasteiger partial charge >= 0.3 is 0 Å². The van der Waals surface area contributed by atoms with E-state index in [1.807, 2.05) is 6.07 Å². The molecule has 1 aromatic carbocycles. The maximum atomic E-state index is 13.3. The summed E-state index contributed by atoms with van der Waals surface area (Å²) in [5, 5.41) is 3.33. The van der Waals surface area contributed by atoms with Crippen LogP contribution in [0.25, 0.3) is 0 Å². The number of hydrogen-bond donors (Lipinski definition) is 1. The highest BCUT2D eigenvalue weighted by molar-refractivity contribution is 7.90. The molecule has 0 heterocycles. The number of benzene rings is 1. The molecule has 1 aromatic rings. The highest BCUT2D eigenvalue weighted by Gasteiger charge is 2.13. The Morgan fingerprint density at radius 3 is 2.70 bits per heavy atom. The summed E-state index contributed by atoms with van der Waals surface area (Å²) in [7, 11) is -2.93. The molecule has 0 spiro atoms. The van der Waals surface area contributed by atoms with Crippen molar-refractivity contribution in [2.24, 2.45) is 0 Å². The molecule has 0 radical (unpaired) electrons. The van der Waals surface area contributed by atoms with Crippen LogP contribution < -0.4 is 5.32 Å². The minimum atomic E-state index is -2.93. The fraction of sp³-hybridized carbons (Fsp3) is 0.600. The van der Waals surface area contributed by atoms with E-state index in [2.05, 4.69) is 12.2 Å². The van der Waals surface area contributed by atoms with Crippen LogP contribution in [-0.4, -0.2) is 33.5 Å². The molecule has 0 amide bonds. The van der Waals surface area contributed by atoms with Crippen LogP contribution in [0.5, 0.6) is 0 Å². The molecule has 0 aliphatic carbocycles. The maximum absolute atomic E-state index is 13.3. The summed E-state index contributed by atoms with van der Waals surface area (Å²) in [4.78, 5) is 0. The van der Waals surface area contributed by atoms with Crippen LogP contribution in [0, 0.1) is 5.82 Å². The predicted octanol–water partition coefficient (Wildman–Crippen LogP) is 2.73. The molecule has 5 heteroatoms. The lowest BCUT2D eigenvalue weighted by Gasteiger charge is -2.18. The first kappa shape index (κ1) is 17.1. The molecule has 20 heavy (non-hydrogen) atoms. The minimum Gasteiger partial charge on any atom is -0.316 e. The lowest BCUT2D eigenvalue weighted by atomic mass is 9.94. The topological polar surface area (TPSA) is 46.2 Å². The van der Waals surface area contributed by atoms with Crippen molar-refractivity contribution >= 4 is 9.84 Å². The second-order valence-electron chi connectivity index (χ2n) is 5.23. The maximum Gasteiger partial charge on any atom is 0.147 e. The zero-order valence-corrected chi connectivity index (χ0v) is 13.0. The fourth-order valence-electron chi connectivity index (χ4n) is 2.19. The van der Waals surface area contributed by atoms with Crippen LogP contribution >= 0.6 is 0 Å². The summed E-state index contributed by atoms with van der Waals surface area (Å²) in [6, 6.07) is 6.57. The van der Waals surface area contributed by atoms with Gasteiger partial charge in [0.2, 0.25) is 0 Å². The zero-order valence-electron chi connectivity index (χ0n) is 12.2. The van der Waals surface area contributed by atoms with Crippen molar-refractivity contribution < 1.29 is 12.8 Å². The van der Waals surface area contributed by atoms with Gasteiger partial charge in [-0.1, -0.05) is 19.1 Å². The van der Waals surface area contributed by atoms with E-state index in [9.17, 15) is 12.8 Å². The van der Waals surface area contributed by atoms with E-state index in [1.54, 1.807) is 12.1 Å². The smallest absolute Gasteiger partial charge is 0.147 e. The molecular formula is C15H24FNO2S. The van der Waals surface area contributed by atoms with Crippen LogP contribution in [-0.2, 0) is 9.84 Å². The zero-order chi connectivity index (χ0) is 15.0. The van der Waals surface area contributed by atoms with Crippen LogP contribution in [0.3, 0.4) is 0 Å². The molecule has 0 saturated heterocycles. The molecule has 1 rings (SSSR count). The monoisotopic (exact) mass is 301 g/mol. The Morgan fingerprint density at radius 2 is 2.10 bits per heavy atom. The lowest BCUT2D eigenvalue weighted by Crippen LogP contribution is -2.23. The van der Waals surface area contributed by atoms with E-state index < -0.39 is 9.84 Å². The van der Waals surface area contributed by atoms with Gasteiger partial charge in [0, 0.05) is 18.6 Å². The Kier molecular flexibility index (Phi) is 7.16. The number of rotatable bonds is 9. The van der Waals surface area contributed by atoms with Crippen molar-refractivity contribution in [1.29, 1.82) is 0 Å². The Morgan fingerprint density at radius 1 is 1.35 bits per heavy atom. The fourth-order valence-corrected chi connectivity index (χ4v) is 2.88. The molecule has 0 fully saturated rings. The van der Waals surface area contributed by atoms with Gasteiger partial charge in [-0.05, 0) is 49.4 Å². The van der Waals surface area contributed by atoms with Gasteiger partial charge < -0.3 is 5.32 Å². The minimum absolute atomic E-state index is 0.152. The van der Waals surface area contributed by atoms with Crippen LogP contribution in [0.2, 0.25) is 0 Å². The molecular weight excluding hydrogens is 277 g/mol. The molecule has 1 N–H and O–H groups in total. The van der Waals surface area contributed by atoms with E-state index in [4.69, 9.17) is 0 Å². The van der Waals surface area contributed by atoms with Gasteiger partial charge in [-0.3, -0.25) is 0 Å². The van der Waals surface area contributed by atoms with Crippen molar-refractivity contribution in [1.82, 2.24) is 5.32 Å². The van der Waals surface area contributed by atoms with Crippen molar-refractivity contribution in [2.45, 2.75) is 32.1 Å². The third kappa shape index (κ3) is 7.01. The normalized spacial score (nSPS) is 13.3. The Labute approximate surface area is 121 Å². The second-order valence-corrected chi connectivity index (χ2v) is 7.49. The number of nitrogens with one attached hydrogen (secondary N) is 1. The first-order valence-corrected chi connectivity index (χ1v) is 9.12. The average molecular weight is 301 g/mol. The quantitative estimate of drug-likeness (QED) is 0.713. The first-order valence-electron chi connectivity index (χ1n) is 7.06. The Hall–Kier alpha value is -0.940. The van der Waals surface area contributed by atoms with E-state index in [1.165, 1.54) is 12.3 Å². The molecule has 114 valence electrons. The van der Waals surface area contributed by atoms with Crippen molar-refractivity contribution in [2.75, 3.05) is 25.1 Å². The first-order chi connectivity index (χ1) is 9.42. The van der Waals surface area contributed by atoms with E-state index in [0.717, 1.165) is 31.5 Å². The van der Waals surface area contributed by atoms with E-state index >= 15 is 0 Å². The molecule has 0 saturated carbocycles. The average Bonchev–Trinajstić information content (AvgIpc) is 2.36. The van der Waals surface area contributed by atoms with Gasteiger partial charge in [-0.25, -0.2) is 12.8 Å². The van der Waals surface area contributed by atoms with Gasteiger partial charge in [-0.15, -0.1) is 0 Å². The van der Waals surface area contributed by atoms with Crippen LogP contribution in [0.4, 0.5) is 4.39 Å². The summed E-state index contributed by atoms with van der Waals surface area (Å²) < 4.78 is 35.7. The van der Waals surface area contributed by atoms with Crippen molar-refractivity contribution in [3.8, 4) is 0 Å². The second kappa shape index (κ2) is 8.37. The van der Waals surface area contributed by atoms with E-state index in [0.29, 0.717) is 6.42 Å². The van der Waals surface area contributed by atoms with Gasteiger partial charge in [0.15, 0.2) is 0 Å². The molecule has 0 aliphatic heterocycles. The van der Waals surface area contributed by atoms with Gasteiger partial charge in [0.1, 0.15) is 15.7 Å². The third-order valence-corrected chi connectivity index (χ3v) is 4.24. The van der Waals surface area contributed by atoms with Gasteiger partial charge in [-0.2, -0.15) is 0 Å². The van der Waals surface area contributed by atoms with Gasteiger partial charge in [0.05, 0.1) is 0 Å². The lowest BCUT2D eigenvalue weighted by molar-refractivity contribution is 0.534. The summed E-state index contributed by atoms with van der Waals surface area (Å²) >= 11 is 0. The van der Waals surface area contributed by atoms with Crippen LogP contribution in [0.15, 0.2) is 24.3 Å². The van der Waals surface area contributed by atoms with E-state index in [-0.39, 0.29) is 17.5 Å². The summed E-state index contributed by atoms with van der Waals surface area (Å²) in [5.74, 6) is 0.0946. The molecule has 1 atom stereocenters. The number of sulfone groups is 1. The number of halogens is 1. The standard InChI is InChI=1S/C15H24FNO2S/c1-3-9-17-12-14(7-5-10-20(2,18)19)13-6-4-8-15(16)11-13/h4,6,8,11,14,17H,3,5,7,9-10,12H2,1-2H3. The molecule has 0 bridgehead atoms. The summed E-state index contributed by atoms with van der Waals surface area (Å²) in [5.41, 5.74) is 0.933. The van der Waals surface area contributed by atoms with Crippen molar-refractivity contribution in [3.05, 3.63) is 35.6 Å².